The summed E-state index contributed by atoms with van der Waals surface area (Å²) < 4.78 is 14.5. The third kappa shape index (κ3) is 3.55. The van der Waals surface area contributed by atoms with Gasteiger partial charge in [0.15, 0.2) is 10.6 Å². The molecule has 8 heteroatoms. The number of hydrogen-bond donors (Lipinski definition) is 0. The van der Waals surface area contributed by atoms with E-state index >= 15 is 0 Å². The number of rotatable bonds is 4. The number of hydrogen-bond acceptors (Lipinski definition) is 6. The van der Waals surface area contributed by atoms with E-state index in [1.807, 2.05) is 36.4 Å². The van der Waals surface area contributed by atoms with Crippen LogP contribution in [0.5, 0.6) is 0 Å². The first-order chi connectivity index (χ1) is 15.4. The summed E-state index contributed by atoms with van der Waals surface area (Å²) >= 11 is 4.69. The molecule has 1 aliphatic rings. The molecule has 0 N–H and O–H groups in total. The van der Waals surface area contributed by atoms with E-state index in [9.17, 15) is 9.59 Å². The molecule has 1 aromatic carbocycles. The Bertz CT molecular complexity index is 1540. The maximum absolute atomic E-state index is 13.4. The predicted octanol–water partition coefficient (Wildman–Crippen LogP) is 4.44. The van der Waals surface area contributed by atoms with Crippen LogP contribution in [-0.2, 0) is 4.79 Å². The number of furan rings is 2. The molecule has 0 amide bonds. The van der Waals surface area contributed by atoms with Crippen molar-refractivity contribution in [1.82, 2.24) is 4.57 Å². The molecular formula is C24H17BrN2O4S. The van der Waals surface area contributed by atoms with Gasteiger partial charge in [-0.05, 0) is 50.2 Å². The Morgan fingerprint density at radius 1 is 1.19 bits per heavy atom. The Morgan fingerprint density at radius 3 is 2.66 bits per heavy atom. The van der Waals surface area contributed by atoms with Gasteiger partial charge in [0.25, 0.3) is 5.56 Å². The molecule has 32 heavy (non-hydrogen) atoms. The lowest BCUT2D eigenvalue weighted by atomic mass is 9.98. The molecule has 0 saturated heterocycles. The van der Waals surface area contributed by atoms with Gasteiger partial charge < -0.3 is 8.83 Å². The van der Waals surface area contributed by atoms with E-state index in [2.05, 4.69) is 20.9 Å². The highest BCUT2D eigenvalue weighted by Gasteiger charge is 2.33. The van der Waals surface area contributed by atoms with Crippen LogP contribution in [0.4, 0.5) is 0 Å². The number of aromatic nitrogens is 1. The summed E-state index contributed by atoms with van der Waals surface area (Å²) in [5.74, 6) is 1.58. The van der Waals surface area contributed by atoms with Crippen LogP contribution in [0, 0.1) is 0 Å². The molecule has 4 aromatic rings. The second-order valence-electron chi connectivity index (χ2n) is 7.36. The van der Waals surface area contributed by atoms with Gasteiger partial charge in [-0.2, -0.15) is 0 Å². The van der Waals surface area contributed by atoms with Crippen molar-refractivity contribution in [2.24, 2.45) is 4.99 Å². The summed E-state index contributed by atoms with van der Waals surface area (Å²) in [6, 6.07) is 14.3. The number of ketones is 1. The average Bonchev–Trinajstić information content (AvgIpc) is 3.50. The zero-order valence-electron chi connectivity index (χ0n) is 17.2. The molecule has 0 bridgehead atoms. The van der Waals surface area contributed by atoms with Crippen LogP contribution in [0.1, 0.15) is 31.4 Å². The van der Waals surface area contributed by atoms with Crippen LogP contribution < -0.4 is 14.9 Å². The molecule has 0 aliphatic carbocycles. The zero-order valence-corrected chi connectivity index (χ0v) is 19.6. The first kappa shape index (κ1) is 20.7. The quantitative estimate of drug-likeness (QED) is 0.408. The largest absolute Gasteiger partial charge is 0.465 e. The Kier molecular flexibility index (Phi) is 5.19. The van der Waals surface area contributed by atoms with Crippen molar-refractivity contribution in [3.63, 3.8) is 0 Å². The summed E-state index contributed by atoms with van der Waals surface area (Å²) in [7, 11) is 0. The van der Waals surface area contributed by atoms with Crippen LogP contribution in [-0.4, -0.2) is 10.4 Å². The topological polar surface area (TPSA) is 77.7 Å². The minimum atomic E-state index is -0.688. The molecule has 1 atom stereocenters. The van der Waals surface area contributed by atoms with E-state index in [0.29, 0.717) is 37.9 Å². The SMILES string of the molecule is CC(=O)C1=C(C)N=c2s/c(=C/c3ccco3)c(=O)n2[C@H]1c1ccc(-c2ccc(Br)cc2)o1. The van der Waals surface area contributed by atoms with Crippen molar-refractivity contribution >= 4 is 39.1 Å². The van der Waals surface area contributed by atoms with Gasteiger partial charge in [-0.25, -0.2) is 4.99 Å². The van der Waals surface area contributed by atoms with Gasteiger partial charge in [-0.1, -0.05) is 39.4 Å². The zero-order chi connectivity index (χ0) is 22.4. The number of carbonyl (C=O) groups is 1. The monoisotopic (exact) mass is 508 g/mol. The number of halogens is 1. The molecule has 3 aromatic heterocycles. The molecule has 6 nitrogen and oxygen atoms in total. The highest BCUT2D eigenvalue weighted by Crippen LogP contribution is 2.34. The van der Waals surface area contributed by atoms with E-state index < -0.39 is 6.04 Å². The third-order valence-electron chi connectivity index (χ3n) is 5.24. The van der Waals surface area contributed by atoms with Gasteiger partial charge in [-0.3, -0.25) is 14.2 Å². The lowest BCUT2D eigenvalue weighted by Crippen LogP contribution is -2.39. The Morgan fingerprint density at radius 2 is 1.97 bits per heavy atom. The maximum Gasteiger partial charge on any atom is 0.271 e. The van der Waals surface area contributed by atoms with Crippen LogP contribution in [0.15, 0.2) is 89.2 Å². The number of thiazole rings is 1. The summed E-state index contributed by atoms with van der Waals surface area (Å²) in [6.45, 7) is 3.27. The number of fused-ring (bicyclic) bond motifs is 1. The fraction of sp³-hybridized carbons (Fsp3) is 0.125. The van der Waals surface area contributed by atoms with Crippen molar-refractivity contribution in [1.29, 1.82) is 0 Å². The van der Waals surface area contributed by atoms with E-state index in [1.54, 1.807) is 31.4 Å². The molecule has 0 unspecified atom stereocenters. The maximum atomic E-state index is 13.4. The summed E-state index contributed by atoms with van der Waals surface area (Å²) in [5.41, 5.74) is 1.67. The smallest absolute Gasteiger partial charge is 0.271 e. The lowest BCUT2D eigenvalue weighted by molar-refractivity contribution is -0.114. The van der Waals surface area contributed by atoms with Crippen molar-refractivity contribution in [3.05, 3.63) is 102 Å². The lowest BCUT2D eigenvalue weighted by Gasteiger charge is -2.22. The number of Topliss-reactive ketones (excluding diaryl/α,β-unsaturated/α-hetero) is 1. The number of benzene rings is 1. The molecule has 4 heterocycles. The van der Waals surface area contributed by atoms with Crippen LogP contribution in [0.25, 0.3) is 17.4 Å². The van der Waals surface area contributed by atoms with Gasteiger partial charge in [0.1, 0.15) is 23.3 Å². The van der Waals surface area contributed by atoms with Crippen molar-refractivity contribution in [2.75, 3.05) is 0 Å². The van der Waals surface area contributed by atoms with Gasteiger partial charge in [0.2, 0.25) is 0 Å². The van der Waals surface area contributed by atoms with E-state index in [-0.39, 0.29) is 11.3 Å². The average molecular weight is 509 g/mol. The van der Waals surface area contributed by atoms with E-state index in [4.69, 9.17) is 8.83 Å². The van der Waals surface area contributed by atoms with Crippen molar-refractivity contribution in [2.45, 2.75) is 19.9 Å². The number of nitrogens with zero attached hydrogens (tertiary/aromatic N) is 2. The molecule has 0 spiro atoms. The Hall–Kier alpha value is -3.23. The van der Waals surface area contributed by atoms with Crippen LogP contribution in [0.2, 0.25) is 0 Å². The van der Waals surface area contributed by atoms with Crippen LogP contribution in [0.3, 0.4) is 0 Å². The molecule has 0 radical (unpaired) electrons. The molecule has 160 valence electrons. The highest BCUT2D eigenvalue weighted by atomic mass is 79.9. The summed E-state index contributed by atoms with van der Waals surface area (Å²) in [6.07, 6.45) is 3.24. The van der Waals surface area contributed by atoms with Crippen molar-refractivity contribution < 1.29 is 13.6 Å². The fourth-order valence-electron chi connectivity index (χ4n) is 3.81. The molecule has 1 aliphatic heterocycles. The predicted molar refractivity (Wildman–Crippen MR) is 125 cm³/mol. The van der Waals surface area contributed by atoms with Gasteiger partial charge in [0, 0.05) is 27.4 Å². The number of allylic oxidation sites excluding steroid dienone is 2. The minimum Gasteiger partial charge on any atom is -0.465 e. The standard InChI is InChI=1S/C24H17BrN2O4S/c1-13-21(14(2)28)22(19-10-9-18(31-19)15-5-7-16(25)8-6-15)27-23(29)20(32-24(27)26-13)12-17-4-3-11-30-17/h3-12,22H,1-2H3/b20-12+/t22-/m0/s1. The number of carbonyl (C=O) groups excluding carboxylic acids is 1. The van der Waals surface area contributed by atoms with Crippen molar-refractivity contribution in [3.8, 4) is 11.3 Å². The second-order valence-corrected chi connectivity index (χ2v) is 9.29. The Labute approximate surface area is 195 Å². The molecule has 0 saturated carbocycles. The molecule has 5 rings (SSSR count). The van der Waals surface area contributed by atoms with Gasteiger partial charge in [0.05, 0.1) is 10.8 Å². The molecule has 0 fully saturated rings. The van der Waals surface area contributed by atoms with Gasteiger partial charge >= 0.3 is 0 Å². The Balaban J connectivity index is 1.69. The van der Waals surface area contributed by atoms with E-state index in [0.717, 1.165) is 10.0 Å². The van der Waals surface area contributed by atoms with E-state index in [1.165, 1.54) is 22.8 Å². The first-order valence-electron chi connectivity index (χ1n) is 9.85. The normalized spacial score (nSPS) is 16.2. The van der Waals surface area contributed by atoms with Gasteiger partial charge in [-0.15, -0.1) is 0 Å². The first-order valence-corrected chi connectivity index (χ1v) is 11.5. The fourth-order valence-corrected chi connectivity index (χ4v) is 5.10. The minimum absolute atomic E-state index is 0.154. The highest BCUT2D eigenvalue weighted by molar-refractivity contribution is 9.10. The second kappa shape index (κ2) is 8.03. The van der Waals surface area contributed by atoms with Crippen LogP contribution >= 0.6 is 27.3 Å². The third-order valence-corrected chi connectivity index (χ3v) is 6.75. The summed E-state index contributed by atoms with van der Waals surface area (Å²) in [4.78, 5) is 31.0. The summed E-state index contributed by atoms with van der Waals surface area (Å²) in [5, 5.41) is 0. The molecular weight excluding hydrogens is 492 g/mol.